The van der Waals surface area contributed by atoms with E-state index in [1.165, 1.54) is 21.7 Å². The second-order valence-electron chi connectivity index (χ2n) is 11.1. The molecule has 0 bridgehead atoms. The summed E-state index contributed by atoms with van der Waals surface area (Å²) in [5, 5.41) is 11.6. The molecule has 43 heavy (non-hydrogen) atoms. The Morgan fingerprint density at radius 3 is 2.33 bits per heavy atom. The number of hydrogen-bond donors (Lipinski definition) is 2. The zero-order chi connectivity index (χ0) is 30.4. The van der Waals surface area contributed by atoms with Gasteiger partial charge in [0.1, 0.15) is 18.1 Å². The summed E-state index contributed by atoms with van der Waals surface area (Å²) in [7, 11) is -3.76. The third-order valence-corrected chi connectivity index (χ3v) is 9.55. The third-order valence-electron chi connectivity index (χ3n) is 7.94. The van der Waals surface area contributed by atoms with Crippen LogP contribution in [-0.2, 0) is 26.2 Å². The lowest BCUT2D eigenvalue weighted by atomic mass is 9.94. The maximum Gasteiger partial charge on any atom is 0.249 e. The maximum absolute atomic E-state index is 14.3. The smallest absolute Gasteiger partial charge is 0.249 e. The third kappa shape index (κ3) is 7.11. The minimum Gasteiger partial charge on any atom is -0.351 e. The molecular formula is C32H38N6O4S. The van der Waals surface area contributed by atoms with Gasteiger partial charge in [-0.15, -0.1) is 5.10 Å². The van der Waals surface area contributed by atoms with Crippen molar-refractivity contribution in [2.24, 2.45) is 0 Å². The number of sulfonamides is 1. The molecule has 3 aromatic carbocycles. The van der Waals surface area contributed by atoms with Gasteiger partial charge >= 0.3 is 0 Å². The van der Waals surface area contributed by atoms with E-state index in [2.05, 4.69) is 20.4 Å². The van der Waals surface area contributed by atoms with E-state index >= 15 is 0 Å². The number of rotatable bonds is 11. The molecule has 0 unspecified atom stereocenters. The molecule has 1 fully saturated rings. The Morgan fingerprint density at radius 1 is 0.953 bits per heavy atom. The highest BCUT2D eigenvalue weighted by atomic mass is 32.2. The molecule has 5 rings (SSSR count). The first-order valence-electron chi connectivity index (χ1n) is 14.8. The van der Waals surface area contributed by atoms with Crippen LogP contribution in [0, 0.1) is 0 Å². The Labute approximate surface area is 252 Å². The molecule has 1 saturated carbocycles. The molecule has 2 atom stereocenters. The van der Waals surface area contributed by atoms with Crippen LogP contribution in [-0.4, -0.2) is 47.3 Å². The number of benzene rings is 3. The summed E-state index contributed by atoms with van der Waals surface area (Å²) in [4.78, 5) is 29.9. The monoisotopic (exact) mass is 602 g/mol. The number of nitrogens with one attached hydrogen (secondary N) is 2. The number of carbonyl (C=O) groups is 2. The standard InChI is InChI=1S/C32H38N6O4S/c1-3-23(2)35-43(41,42)27-20-18-26(19-21-27)38(30(39)22-37-29-17-11-10-16-28(29)34-36-37)31(24-12-6-4-7-13-24)32(40)33-25-14-8-5-9-15-25/h4,6-7,10-13,16-21,23,25,31,35H,3,5,8-9,14-15,22H2,1-2H3,(H,33,40)/t23-,31-/m0/s1. The summed E-state index contributed by atoms with van der Waals surface area (Å²) in [6, 6.07) is 21.4. The molecule has 1 aromatic heterocycles. The molecule has 1 aliphatic carbocycles. The first kappa shape index (κ1) is 30.4. The van der Waals surface area contributed by atoms with Gasteiger partial charge in [-0.2, -0.15) is 0 Å². The summed E-state index contributed by atoms with van der Waals surface area (Å²) in [6.07, 6.45) is 5.66. The van der Waals surface area contributed by atoms with E-state index in [0.29, 0.717) is 28.7 Å². The van der Waals surface area contributed by atoms with Crippen molar-refractivity contribution < 1.29 is 18.0 Å². The average molecular weight is 603 g/mol. The SMILES string of the molecule is CC[C@H](C)NS(=O)(=O)c1ccc(N(C(=O)Cn2nnc3ccccc32)[C@H](C(=O)NC2CCCCC2)c2ccccc2)cc1. The fourth-order valence-corrected chi connectivity index (χ4v) is 6.78. The Bertz CT molecular complexity index is 1650. The number of anilines is 1. The van der Waals surface area contributed by atoms with Gasteiger partial charge in [0, 0.05) is 17.8 Å². The quantitative estimate of drug-likeness (QED) is 0.256. The summed E-state index contributed by atoms with van der Waals surface area (Å²) < 4.78 is 30.1. The maximum atomic E-state index is 14.3. The number of aromatic nitrogens is 3. The molecule has 0 aliphatic heterocycles. The summed E-state index contributed by atoms with van der Waals surface area (Å²) in [5.41, 5.74) is 2.38. The van der Waals surface area contributed by atoms with Gasteiger partial charge in [0.25, 0.3) is 0 Å². The van der Waals surface area contributed by atoms with Gasteiger partial charge in [0.15, 0.2) is 0 Å². The summed E-state index contributed by atoms with van der Waals surface area (Å²) >= 11 is 0. The van der Waals surface area contributed by atoms with Crippen LogP contribution in [0.5, 0.6) is 0 Å². The molecule has 226 valence electrons. The number of amides is 2. The molecule has 10 nitrogen and oxygen atoms in total. The van der Waals surface area contributed by atoms with Crippen LogP contribution in [0.4, 0.5) is 5.69 Å². The molecule has 1 heterocycles. The lowest BCUT2D eigenvalue weighted by Crippen LogP contribution is -2.48. The van der Waals surface area contributed by atoms with Gasteiger partial charge < -0.3 is 5.32 Å². The van der Waals surface area contributed by atoms with E-state index in [9.17, 15) is 18.0 Å². The van der Waals surface area contributed by atoms with Crippen molar-refractivity contribution in [3.63, 3.8) is 0 Å². The first-order valence-corrected chi connectivity index (χ1v) is 16.3. The van der Waals surface area contributed by atoms with Crippen molar-refractivity contribution in [2.45, 2.75) is 81.9 Å². The number of nitrogens with zero attached hydrogens (tertiary/aromatic N) is 4. The molecule has 2 amide bonds. The van der Waals surface area contributed by atoms with Crippen LogP contribution in [0.3, 0.4) is 0 Å². The van der Waals surface area contributed by atoms with Gasteiger partial charge in [0.05, 0.1) is 10.4 Å². The molecule has 1 aliphatic rings. The lowest BCUT2D eigenvalue weighted by molar-refractivity contribution is -0.127. The Kier molecular flexibility index (Phi) is 9.52. The first-order chi connectivity index (χ1) is 20.8. The van der Waals surface area contributed by atoms with E-state index in [4.69, 9.17) is 0 Å². The van der Waals surface area contributed by atoms with E-state index in [1.54, 1.807) is 19.1 Å². The highest BCUT2D eigenvalue weighted by Crippen LogP contribution is 2.31. The fraction of sp³-hybridized carbons (Fsp3) is 0.375. The second-order valence-corrected chi connectivity index (χ2v) is 12.8. The van der Waals surface area contributed by atoms with Crippen LogP contribution in [0.1, 0.15) is 64.0 Å². The topological polar surface area (TPSA) is 126 Å². The highest BCUT2D eigenvalue weighted by Gasteiger charge is 2.34. The van der Waals surface area contributed by atoms with E-state index < -0.39 is 22.0 Å². The average Bonchev–Trinajstić information content (AvgIpc) is 3.43. The minimum atomic E-state index is -3.76. The second kappa shape index (κ2) is 13.5. The van der Waals surface area contributed by atoms with Gasteiger partial charge in [0.2, 0.25) is 21.8 Å². The van der Waals surface area contributed by atoms with Crippen molar-refractivity contribution in [3.8, 4) is 0 Å². The Hall–Kier alpha value is -4.09. The molecule has 4 aromatic rings. The molecule has 0 radical (unpaired) electrons. The number of hydrogen-bond acceptors (Lipinski definition) is 6. The Morgan fingerprint density at radius 2 is 1.63 bits per heavy atom. The number of carbonyl (C=O) groups excluding carboxylic acids is 2. The van der Waals surface area contributed by atoms with Crippen molar-refractivity contribution in [3.05, 3.63) is 84.4 Å². The molecule has 0 spiro atoms. The van der Waals surface area contributed by atoms with E-state index in [1.807, 2.05) is 61.5 Å². The van der Waals surface area contributed by atoms with Gasteiger partial charge in [-0.25, -0.2) is 17.8 Å². The van der Waals surface area contributed by atoms with Crippen molar-refractivity contribution in [1.29, 1.82) is 0 Å². The van der Waals surface area contributed by atoms with Crippen LogP contribution in [0.2, 0.25) is 0 Å². The molecule has 2 N–H and O–H groups in total. The predicted molar refractivity (Wildman–Crippen MR) is 166 cm³/mol. The highest BCUT2D eigenvalue weighted by molar-refractivity contribution is 7.89. The van der Waals surface area contributed by atoms with Crippen LogP contribution in [0.15, 0.2) is 83.8 Å². The molecule has 0 saturated heterocycles. The summed E-state index contributed by atoms with van der Waals surface area (Å²) in [5.74, 6) is -0.679. The van der Waals surface area contributed by atoms with Crippen LogP contribution >= 0.6 is 0 Å². The zero-order valence-electron chi connectivity index (χ0n) is 24.5. The normalized spacial score (nSPS) is 15.6. The van der Waals surface area contributed by atoms with Gasteiger partial charge in [-0.3, -0.25) is 14.5 Å². The van der Waals surface area contributed by atoms with E-state index in [-0.39, 0.29) is 29.4 Å². The summed E-state index contributed by atoms with van der Waals surface area (Å²) in [6.45, 7) is 3.53. The number of fused-ring (bicyclic) bond motifs is 1. The van der Waals surface area contributed by atoms with Gasteiger partial charge in [-0.05, 0) is 68.1 Å². The lowest BCUT2D eigenvalue weighted by Gasteiger charge is -2.33. The largest absolute Gasteiger partial charge is 0.351 e. The van der Waals surface area contributed by atoms with Crippen molar-refractivity contribution in [2.75, 3.05) is 4.90 Å². The predicted octanol–water partition coefficient (Wildman–Crippen LogP) is 4.73. The van der Waals surface area contributed by atoms with Crippen molar-refractivity contribution in [1.82, 2.24) is 25.0 Å². The molecular weight excluding hydrogens is 564 g/mol. The van der Waals surface area contributed by atoms with E-state index in [0.717, 1.165) is 32.1 Å². The number of para-hydroxylation sites is 1. The fourth-order valence-electron chi connectivity index (χ4n) is 5.46. The van der Waals surface area contributed by atoms with Gasteiger partial charge in [-0.1, -0.05) is 73.9 Å². The Balaban J connectivity index is 1.55. The molecule has 11 heteroatoms. The van der Waals surface area contributed by atoms with Crippen molar-refractivity contribution >= 4 is 38.6 Å². The zero-order valence-corrected chi connectivity index (χ0v) is 25.3. The minimum absolute atomic E-state index is 0.0304. The van der Waals surface area contributed by atoms with Crippen LogP contribution in [0.25, 0.3) is 11.0 Å². The van der Waals surface area contributed by atoms with Crippen LogP contribution < -0.4 is 14.9 Å².